The third-order valence-electron chi connectivity index (χ3n) is 10.5. The second-order valence-electron chi connectivity index (χ2n) is 13.3. The van der Waals surface area contributed by atoms with Gasteiger partial charge in [0.1, 0.15) is 0 Å². The molecule has 3 heterocycles. The van der Waals surface area contributed by atoms with E-state index in [1.54, 1.807) is 0 Å². The molecular formula is C48H30N2S. The molecule has 0 spiro atoms. The van der Waals surface area contributed by atoms with Crippen molar-refractivity contribution in [3.05, 3.63) is 182 Å². The summed E-state index contributed by atoms with van der Waals surface area (Å²) in [6.07, 6.45) is 0. The van der Waals surface area contributed by atoms with Gasteiger partial charge < -0.3 is 9.13 Å². The lowest BCUT2D eigenvalue weighted by molar-refractivity contribution is 1.17. The van der Waals surface area contributed by atoms with Gasteiger partial charge in [-0.25, -0.2) is 0 Å². The lowest BCUT2D eigenvalue weighted by atomic mass is 9.93. The number of hydrogen-bond donors (Lipinski definition) is 0. The number of hydrogen-bond acceptors (Lipinski definition) is 1. The summed E-state index contributed by atoms with van der Waals surface area (Å²) in [5.74, 6) is 0. The number of nitrogens with zero attached hydrogens (tertiary/aromatic N) is 2. The van der Waals surface area contributed by atoms with Gasteiger partial charge in [-0.1, -0.05) is 133 Å². The van der Waals surface area contributed by atoms with Gasteiger partial charge in [0.2, 0.25) is 0 Å². The number of benzene rings is 8. The third kappa shape index (κ3) is 4.16. The van der Waals surface area contributed by atoms with Gasteiger partial charge in [-0.15, -0.1) is 11.3 Å². The van der Waals surface area contributed by atoms with E-state index in [9.17, 15) is 0 Å². The molecule has 0 unspecified atom stereocenters. The highest BCUT2D eigenvalue weighted by Gasteiger charge is 2.20. The number of rotatable bonds is 4. The standard InChI is InChI=1S/C48H30N2S/c1-2-14-31(15-3-1)33-16-4-5-17-34(33)38-21-12-22-39-47-45(26-13-27-46(47)51-48(38)39)50-43-25-11-8-20-37(43)40-30-32(28-29-44(40)50)49-41-23-9-6-18-35(41)36-19-7-10-24-42(36)49/h1-30H. The van der Waals surface area contributed by atoms with Crippen LogP contribution in [0.25, 0.3) is 97.4 Å². The van der Waals surface area contributed by atoms with Gasteiger partial charge in [-0.3, -0.25) is 0 Å². The van der Waals surface area contributed by atoms with Crippen molar-refractivity contribution < 1.29 is 0 Å². The maximum atomic E-state index is 2.49. The van der Waals surface area contributed by atoms with Crippen molar-refractivity contribution in [3.8, 4) is 33.6 Å². The molecule has 0 aliphatic carbocycles. The molecule has 238 valence electrons. The van der Waals surface area contributed by atoms with Crippen molar-refractivity contribution in [3.63, 3.8) is 0 Å². The molecule has 51 heavy (non-hydrogen) atoms. The van der Waals surface area contributed by atoms with Crippen LogP contribution in [-0.4, -0.2) is 9.13 Å². The van der Waals surface area contributed by atoms with E-state index < -0.39 is 0 Å². The molecule has 0 fully saturated rings. The Kier molecular flexibility index (Phi) is 6.16. The first-order valence-electron chi connectivity index (χ1n) is 17.4. The maximum Gasteiger partial charge on any atom is 0.0555 e. The summed E-state index contributed by atoms with van der Waals surface area (Å²) in [7, 11) is 0. The Bertz CT molecular complexity index is 3090. The Balaban J connectivity index is 1.16. The molecule has 3 aromatic heterocycles. The van der Waals surface area contributed by atoms with Gasteiger partial charge in [0, 0.05) is 53.0 Å². The molecule has 0 N–H and O–H groups in total. The summed E-state index contributed by atoms with van der Waals surface area (Å²) in [5, 5.41) is 7.64. The Hall–Kier alpha value is -6.42. The van der Waals surface area contributed by atoms with Crippen LogP contribution in [0.5, 0.6) is 0 Å². The van der Waals surface area contributed by atoms with Crippen molar-refractivity contribution in [2.75, 3.05) is 0 Å². The normalized spacial score (nSPS) is 11.9. The summed E-state index contributed by atoms with van der Waals surface area (Å²) < 4.78 is 7.51. The van der Waals surface area contributed by atoms with Gasteiger partial charge in [0.25, 0.3) is 0 Å². The summed E-state index contributed by atoms with van der Waals surface area (Å²) in [6.45, 7) is 0. The van der Waals surface area contributed by atoms with Crippen LogP contribution in [0.15, 0.2) is 182 Å². The zero-order chi connectivity index (χ0) is 33.5. The van der Waals surface area contributed by atoms with Crippen molar-refractivity contribution >= 4 is 75.1 Å². The Morgan fingerprint density at radius 2 is 0.902 bits per heavy atom. The number of para-hydroxylation sites is 3. The van der Waals surface area contributed by atoms with E-state index >= 15 is 0 Å². The average molecular weight is 667 g/mol. The predicted molar refractivity (Wildman–Crippen MR) is 219 cm³/mol. The van der Waals surface area contributed by atoms with E-state index in [2.05, 4.69) is 191 Å². The van der Waals surface area contributed by atoms with Crippen LogP contribution < -0.4 is 0 Å². The fourth-order valence-electron chi connectivity index (χ4n) is 8.38. The van der Waals surface area contributed by atoms with Gasteiger partial charge >= 0.3 is 0 Å². The van der Waals surface area contributed by atoms with Crippen molar-refractivity contribution in [1.29, 1.82) is 0 Å². The zero-order valence-corrected chi connectivity index (χ0v) is 28.4. The summed E-state index contributed by atoms with van der Waals surface area (Å²) in [6, 6.07) is 66.5. The second kappa shape index (κ2) is 11.0. The summed E-state index contributed by atoms with van der Waals surface area (Å²) in [4.78, 5) is 0. The average Bonchev–Trinajstić information content (AvgIpc) is 3.86. The molecule has 0 radical (unpaired) electrons. The number of fused-ring (bicyclic) bond motifs is 9. The molecule has 0 aliphatic rings. The quantitative estimate of drug-likeness (QED) is 0.177. The first-order valence-corrected chi connectivity index (χ1v) is 18.3. The van der Waals surface area contributed by atoms with Crippen LogP contribution in [0.4, 0.5) is 0 Å². The van der Waals surface area contributed by atoms with Gasteiger partial charge in [-0.2, -0.15) is 0 Å². The summed E-state index contributed by atoms with van der Waals surface area (Å²) >= 11 is 1.90. The van der Waals surface area contributed by atoms with Crippen molar-refractivity contribution in [2.24, 2.45) is 0 Å². The molecule has 11 rings (SSSR count). The minimum atomic E-state index is 1.17. The highest BCUT2D eigenvalue weighted by molar-refractivity contribution is 7.26. The topological polar surface area (TPSA) is 9.86 Å². The van der Waals surface area contributed by atoms with Crippen LogP contribution in [-0.2, 0) is 0 Å². The fourth-order valence-corrected chi connectivity index (χ4v) is 9.63. The van der Waals surface area contributed by atoms with Gasteiger partial charge in [0.05, 0.1) is 27.8 Å². The van der Waals surface area contributed by atoms with E-state index in [4.69, 9.17) is 0 Å². The number of aromatic nitrogens is 2. The Morgan fingerprint density at radius 3 is 1.65 bits per heavy atom. The van der Waals surface area contributed by atoms with Gasteiger partial charge in [0.15, 0.2) is 0 Å². The molecule has 0 aliphatic heterocycles. The van der Waals surface area contributed by atoms with Crippen LogP contribution in [0.2, 0.25) is 0 Å². The van der Waals surface area contributed by atoms with Gasteiger partial charge in [-0.05, 0) is 65.2 Å². The molecule has 3 heteroatoms. The Labute approximate surface area is 298 Å². The van der Waals surface area contributed by atoms with Crippen LogP contribution >= 0.6 is 11.3 Å². The molecule has 0 saturated heterocycles. The van der Waals surface area contributed by atoms with E-state index in [0.717, 1.165) is 0 Å². The highest BCUT2D eigenvalue weighted by atomic mass is 32.1. The SMILES string of the molecule is c1ccc(-c2ccccc2-c2cccc3c2sc2cccc(-n4c5ccccc5c5cc(-n6c7ccccc7c7ccccc76)ccc54)c23)cc1. The molecule has 0 bridgehead atoms. The zero-order valence-electron chi connectivity index (χ0n) is 27.6. The van der Waals surface area contributed by atoms with E-state index in [0.29, 0.717) is 0 Å². The molecule has 0 atom stereocenters. The van der Waals surface area contributed by atoms with Crippen LogP contribution in [0.1, 0.15) is 0 Å². The van der Waals surface area contributed by atoms with Crippen LogP contribution in [0.3, 0.4) is 0 Å². The smallest absolute Gasteiger partial charge is 0.0555 e. The third-order valence-corrected chi connectivity index (χ3v) is 11.7. The molecular weight excluding hydrogens is 637 g/mol. The number of thiophene rings is 1. The largest absolute Gasteiger partial charge is 0.309 e. The highest BCUT2D eigenvalue weighted by Crippen LogP contribution is 2.46. The molecule has 0 saturated carbocycles. The molecule has 8 aromatic carbocycles. The monoisotopic (exact) mass is 666 g/mol. The van der Waals surface area contributed by atoms with Crippen molar-refractivity contribution in [1.82, 2.24) is 9.13 Å². The minimum absolute atomic E-state index is 1.17. The molecule has 0 amide bonds. The lowest BCUT2D eigenvalue weighted by Crippen LogP contribution is -1.96. The predicted octanol–water partition coefficient (Wildman–Crippen LogP) is 13.6. The Morgan fingerprint density at radius 1 is 0.353 bits per heavy atom. The maximum absolute atomic E-state index is 2.49. The van der Waals surface area contributed by atoms with Crippen LogP contribution in [0, 0.1) is 0 Å². The minimum Gasteiger partial charge on any atom is -0.309 e. The lowest BCUT2D eigenvalue weighted by Gasteiger charge is -2.12. The van der Waals surface area contributed by atoms with E-state index in [1.165, 1.54) is 97.4 Å². The van der Waals surface area contributed by atoms with E-state index in [-0.39, 0.29) is 0 Å². The van der Waals surface area contributed by atoms with E-state index in [1.807, 2.05) is 11.3 Å². The second-order valence-corrected chi connectivity index (χ2v) is 14.3. The first-order chi connectivity index (χ1) is 25.3. The molecule has 2 nitrogen and oxygen atoms in total. The fraction of sp³-hybridized carbons (Fsp3) is 0. The van der Waals surface area contributed by atoms with Crippen molar-refractivity contribution in [2.45, 2.75) is 0 Å². The molecule has 11 aromatic rings. The summed E-state index contributed by atoms with van der Waals surface area (Å²) in [5.41, 5.74) is 12.3. The first kappa shape index (κ1) is 28.4.